The van der Waals surface area contributed by atoms with Crippen molar-refractivity contribution in [2.24, 2.45) is 0 Å². The maximum Gasteiger partial charge on any atom is 0.323 e. The van der Waals surface area contributed by atoms with E-state index < -0.39 is 0 Å². The molecular weight excluding hydrogens is 198 g/mol. The van der Waals surface area contributed by atoms with Gasteiger partial charge < -0.3 is 9.47 Å². The first-order valence-corrected chi connectivity index (χ1v) is 5.16. The fourth-order valence-corrected chi connectivity index (χ4v) is 1.58. The zero-order valence-corrected chi connectivity index (χ0v) is 9.19. The summed E-state index contributed by atoms with van der Waals surface area (Å²) in [6.07, 6.45) is 1.15. The summed E-state index contributed by atoms with van der Waals surface area (Å²) in [4.78, 5) is 24.2. The van der Waals surface area contributed by atoms with Gasteiger partial charge in [0.2, 0.25) is 0 Å². The summed E-state index contributed by atoms with van der Waals surface area (Å²) < 4.78 is 9.44. The average Bonchev–Trinajstić information content (AvgIpc) is 2.16. The Hall–Kier alpha value is -1.10. The minimum atomic E-state index is -0.217. The number of carbonyl (C=O) groups excluding carboxylic acids is 2. The van der Waals surface area contributed by atoms with E-state index in [1.807, 2.05) is 4.90 Å². The van der Waals surface area contributed by atoms with Crippen LogP contribution in [-0.2, 0) is 19.1 Å². The number of methoxy groups -OCH3 is 1. The topological polar surface area (TPSA) is 55.8 Å². The third-order valence-corrected chi connectivity index (χ3v) is 2.51. The molecule has 0 bridgehead atoms. The second kappa shape index (κ2) is 5.70. The Labute approximate surface area is 89.3 Å². The van der Waals surface area contributed by atoms with E-state index in [-0.39, 0.29) is 18.0 Å². The fourth-order valence-electron chi connectivity index (χ4n) is 1.58. The monoisotopic (exact) mass is 215 g/mol. The predicted molar refractivity (Wildman–Crippen MR) is 53.2 cm³/mol. The zero-order chi connectivity index (χ0) is 11.3. The van der Waals surface area contributed by atoms with Gasteiger partial charge in [-0.05, 0) is 13.3 Å². The second-order valence-corrected chi connectivity index (χ2v) is 3.42. The Balaban J connectivity index is 2.22. The molecule has 0 aliphatic carbocycles. The van der Waals surface area contributed by atoms with Crippen LogP contribution < -0.4 is 0 Å². The molecule has 0 aromatic carbocycles. The SMILES string of the molecule is CCOC(=O)CCN1CCC1C(=O)OC. The maximum absolute atomic E-state index is 11.2. The number of likely N-dealkylation sites (tertiary alicyclic amines) is 1. The molecule has 0 spiro atoms. The van der Waals surface area contributed by atoms with Crippen molar-refractivity contribution in [2.75, 3.05) is 26.8 Å². The maximum atomic E-state index is 11.2. The molecule has 0 N–H and O–H groups in total. The Kier molecular flexibility index (Phi) is 4.55. The van der Waals surface area contributed by atoms with Crippen LogP contribution in [0.1, 0.15) is 19.8 Å². The lowest BCUT2D eigenvalue weighted by Gasteiger charge is -2.38. The van der Waals surface area contributed by atoms with Gasteiger partial charge in [-0.3, -0.25) is 14.5 Å². The largest absolute Gasteiger partial charge is 0.468 e. The highest BCUT2D eigenvalue weighted by Gasteiger charge is 2.34. The Morgan fingerprint density at radius 2 is 2.20 bits per heavy atom. The quantitative estimate of drug-likeness (QED) is 0.613. The van der Waals surface area contributed by atoms with E-state index >= 15 is 0 Å². The van der Waals surface area contributed by atoms with Crippen molar-refractivity contribution >= 4 is 11.9 Å². The van der Waals surface area contributed by atoms with Crippen molar-refractivity contribution in [1.82, 2.24) is 4.90 Å². The number of ether oxygens (including phenoxy) is 2. The van der Waals surface area contributed by atoms with Crippen molar-refractivity contribution < 1.29 is 19.1 Å². The summed E-state index contributed by atoms with van der Waals surface area (Å²) >= 11 is 0. The molecule has 5 heteroatoms. The number of esters is 2. The summed E-state index contributed by atoms with van der Waals surface area (Å²) in [5.74, 6) is -0.432. The van der Waals surface area contributed by atoms with Gasteiger partial charge in [0.25, 0.3) is 0 Å². The predicted octanol–water partition coefficient (Wildman–Crippen LogP) is 0.187. The van der Waals surface area contributed by atoms with Crippen molar-refractivity contribution in [3.8, 4) is 0 Å². The average molecular weight is 215 g/mol. The highest BCUT2D eigenvalue weighted by atomic mass is 16.5. The van der Waals surface area contributed by atoms with Gasteiger partial charge in [-0.2, -0.15) is 0 Å². The molecule has 0 radical (unpaired) electrons. The first-order valence-electron chi connectivity index (χ1n) is 5.16. The summed E-state index contributed by atoms with van der Waals surface area (Å²) in [5, 5.41) is 0. The highest BCUT2D eigenvalue weighted by molar-refractivity contribution is 5.77. The van der Waals surface area contributed by atoms with Gasteiger partial charge in [-0.25, -0.2) is 0 Å². The normalized spacial score (nSPS) is 20.5. The van der Waals surface area contributed by atoms with E-state index in [0.29, 0.717) is 19.6 Å². The van der Waals surface area contributed by atoms with Gasteiger partial charge >= 0.3 is 11.9 Å². The molecule has 1 atom stereocenters. The molecule has 15 heavy (non-hydrogen) atoms. The smallest absolute Gasteiger partial charge is 0.323 e. The molecule has 1 unspecified atom stereocenters. The summed E-state index contributed by atoms with van der Waals surface area (Å²) in [6, 6.07) is -0.163. The molecule has 1 saturated heterocycles. The van der Waals surface area contributed by atoms with Crippen LogP contribution in [0.15, 0.2) is 0 Å². The van der Waals surface area contributed by atoms with Crippen LogP contribution in [0, 0.1) is 0 Å². The molecule has 0 aromatic heterocycles. The lowest BCUT2D eigenvalue weighted by Crippen LogP contribution is -2.53. The van der Waals surface area contributed by atoms with Crippen molar-refractivity contribution in [3.05, 3.63) is 0 Å². The highest BCUT2D eigenvalue weighted by Crippen LogP contribution is 2.18. The van der Waals surface area contributed by atoms with Crippen molar-refractivity contribution in [1.29, 1.82) is 0 Å². The lowest BCUT2D eigenvalue weighted by molar-refractivity contribution is -0.154. The minimum Gasteiger partial charge on any atom is -0.468 e. The van der Waals surface area contributed by atoms with Gasteiger partial charge in [0.1, 0.15) is 6.04 Å². The summed E-state index contributed by atoms with van der Waals surface area (Å²) in [6.45, 7) is 3.59. The van der Waals surface area contributed by atoms with Crippen LogP contribution in [-0.4, -0.2) is 49.7 Å². The molecule has 1 aliphatic rings. The number of hydrogen-bond donors (Lipinski definition) is 0. The first-order chi connectivity index (χ1) is 7.19. The van der Waals surface area contributed by atoms with Gasteiger partial charge in [0.15, 0.2) is 0 Å². The second-order valence-electron chi connectivity index (χ2n) is 3.42. The summed E-state index contributed by atoms with van der Waals surface area (Å²) in [7, 11) is 1.38. The van der Waals surface area contributed by atoms with Crippen LogP contribution in [0.2, 0.25) is 0 Å². The Morgan fingerprint density at radius 1 is 1.47 bits per heavy atom. The van der Waals surface area contributed by atoms with Crippen molar-refractivity contribution in [3.63, 3.8) is 0 Å². The van der Waals surface area contributed by atoms with Gasteiger partial charge in [0, 0.05) is 13.1 Å². The molecule has 1 rings (SSSR count). The molecule has 0 saturated carbocycles. The Morgan fingerprint density at radius 3 is 2.67 bits per heavy atom. The van der Waals surface area contributed by atoms with Crippen LogP contribution in [0.3, 0.4) is 0 Å². The van der Waals surface area contributed by atoms with E-state index in [1.165, 1.54) is 7.11 Å². The molecule has 0 aromatic rings. The van der Waals surface area contributed by atoms with E-state index in [4.69, 9.17) is 4.74 Å². The molecule has 1 aliphatic heterocycles. The number of hydrogen-bond acceptors (Lipinski definition) is 5. The zero-order valence-electron chi connectivity index (χ0n) is 9.19. The van der Waals surface area contributed by atoms with E-state index in [1.54, 1.807) is 6.92 Å². The summed E-state index contributed by atoms with van der Waals surface area (Å²) in [5.41, 5.74) is 0. The minimum absolute atomic E-state index is 0.163. The Bertz CT molecular complexity index is 242. The molecule has 5 nitrogen and oxygen atoms in total. The van der Waals surface area contributed by atoms with Crippen LogP contribution >= 0.6 is 0 Å². The van der Waals surface area contributed by atoms with Gasteiger partial charge in [0.05, 0.1) is 20.1 Å². The number of carbonyl (C=O) groups is 2. The lowest BCUT2D eigenvalue weighted by atomic mass is 10.0. The van der Waals surface area contributed by atoms with Crippen LogP contribution in [0.5, 0.6) is 0 Å². The molecule has 86 valence electrons. The van der Waals surface area contributed by atoms with E-state index in [0.717, 1.165) is 13.0 Å². The molecular formula is C10H17NO4. The fraction of sp³-hybridized carbons (Fsp3) is 0.800. The van der Waals surface area contributed by atoms with Crippen molar-refractivity contribution in [2.45, 2.75) is 25.8 Å². The number of nitrogens with zero attached hydrogens (tertiary/aromatic N) is 1. The number of rotatable bonds is 5. The first kappa shape index (κ1) is 12.0. The van der Waals surface area contributed by atoms with Gasteiger partial charge in [-0.1, -0.05) is 0 Å². The van der Waals surface area contributed by atoms with Crippen LogP contribution in [0.4, 0.5) is 0 Å². The van der Waals surface area contributed by atoms with Crippen LogP contribution in [0.25, 0.3) is 0 Å². The molecule has 0 amide bonds. The van der Waals surface area contributed by atoms with E-state index in [9.17, 15) is 9.59 Å². The van der Waals surface area contributed by atoms with E-state index in [2.05, 4.69) is 4.74 Å². The third-order valence-electron chi connectivity index (χ3n) is 2.51. The third kappa shape index (κ3) is 3.20. The van der Waals surface area contributed by atoms with Gasteiger partial charge in [-0.15, -0.1) is 0 Å². The molecule has 1 fully saturated rings. The molecule has 1 heterocycles. The standard InChI is InChI=1S/C10H17NO4/c1-3-15-9(12)5-7-11-6-4-8(11)10(13)14-2/h8H,3-7H2,1-2H3.